The Balaban J connectivity index is 2.00. The molecule has 0 aromatic heterocycles. The quantitative estimate of drug-likeness (QED) is 0.836. The van der Waals surface area contributed by atoms with Crippen molar-refractivity contribution in [3.05, 3.63) is 35.6 Å². The molecule has 19 heavy (non-hydrogen) atoms. The molecule has 1 aromatic carbocycles. The van der Waals surface area contributed by atoms with Gasteiger partial charge in [-0.25, -0.2) is 4.39 Å². The smallest absolute Gasteiger partial charge is 0.240 e. The normalized spacial score (nSPS) is 18.2. The second-order valence-corrected chi connectivity index (χ2v) is 5.40. The highest BCUT2D eigenvalue weighted by Gasteiger charge is 2.45. The summed E-state index contributed by atoms with van der Waals surface area (Å²) in [6, 6.07) is 6.34. The van der Waals surface area contributed by atoms with Crippen LogP contribution in [0.3, 0.4) is 0 Å². The zero-order valence-corrected chi connectivity index (χ0v) is 11.3. The van der Waals surface area contributed by atoms with Crippen LogP contribution in [0.25, 0.3) is 0 Å². The van der Waals surface area contributed by atoms with E-state index in [2.05, 4.69) is 5.32 Å². The van der Waals surface area contributed by atoms with Crippen LogP contribution in [0, 0.1) is 5.82 Å². The maximum Gasteiger partial charge on any atom is 0.240 e. The van der Waals surface area contributed by atoms with Crippen LogP contribution in [0.2, 0.25) is 0 Å². The lowest BCUT2D eigenvalue weighted by Crippen LogP contribution is -2.45. The molecule has 0 bridgehead atoms. The summed E-state index contributed by atoms with van der Waals surface area (Å²) >= 11 is 0. The predicted octanol–water partition coefficient (Wildman–Crippen LogP) is 1.04. The lowest BCUT2D eigenvalue weighted by atomic mass is 10.1. The summed E-state index contributed by atoms with van der Waals surface area (Å²) in [4.78, 5) is 13.8. The summed E-state index contributed by atoms with van der Waals surface area (Å²) in [5.41, 5.74) is 6.15. The first-order valence-corrected chi connectivity index (χ1v) is 6.41. The van der Waals surface area contributed by atoms with E-state index in [0.717, 1.165) is 18.4 Å². The molecule has 1 aromatic rings. The minimum Gasteiger partial charge on any atom is -0.353 e. The number of carbonyl (C=O) groups excluding carboxylic acids is 1. The van der Waals surface area contributed by atoms with Crippen molar-refractivity contribution in [2.45, 2.75) is 24.4 Å². The first-order chi connectivity index (χ1) is 8.92. The number of nitrogens with two attached hydrogens (primary N) is 1. The average molecular weight is 265 g/mol. The van der Waals surface area contributed by atoms with E-state index in [1.165, 1.54) is 12.1 Å². The van der Waals surface area contributed by atoms with E-state index < -0.39 is 5.54 Å². The molecular weight excluding hydrogens is 245 g/mol. The van der Waals surface area contributed by atoms with Gasteiger partial charge in [-0.05, 0) is 44.6 Å². The number of likely N-dealkylation sites (N-methyl/N-ethyl adjacent to an activating group) is 1. The van der Waals surface area contributed by atoms with Gasteiger partial charge < -0.3 is 16.0 Å². The molecule has 4 nitrogen and oxygen atoms in total. The van der Waals surface area contributed by atoms with E-state index in [1.807, 2.05) is 19.0 Å². The highest BCUT2D eigenvalue weighted by molar-refractivity contribution is 5.88. The third-order valence-corrected chi connectivity index (χ3v) is 3.57. The number of halogens is 1. The molecule has 5 heteroatoms. The van der Waals surface area contributed by atoms with Crippen LogP contribution < -0.4 is 11.1 Å². The molecule has 2 rings (SSSR count). The predicted molar refractivity (Wildman–Crippen MR) is 72.0 cm³/mol. The molecular formula is C14H20FN3O. The number of rotatable bonds is 5. The summed E-state index contributed by atoms with van der Waals surface area (Å²) in [7, 11) is 3.85. The van der Waals surface area contributed by atoms with Crippen molar-refractivity contribution in [3.63, 3.8) is 0 Å². The molecule has 1 fully saturated rings. The van der Waals surface area contributed by atoms with Crippen LogP contribution in [0.5, 0.6) is 0 Å². The summed E-state index contributed by atoms with van der Waals surface area (Å²) in [5.74, 6) is -0.356. The standard InChI is InChI=1S/C14H20FN3O/c1-18(2)12(10-3-5-11(15)6-4-10)9-17-13(19)14(16)7-8-14/h3-6,12H,7-9,16H2,1-2H3,(H,17,19). The minimum absolute atomic E-state index is 0.00639. The van der Waals surface area contributed by atoms with Gasteiger partial charge in [0.05, 0.1) is 11.6 Å². The lowest BCUT2D eigenvalue weighted by molar-refractivity contribution is -0.123. The van der Waals surface area contributed by atoms with Gasteiger partial charge in [-0.2, -0.15) is 0 Å². The van der Waals surface area contributed by atoms with Gasteiger partial charge in [-0.1, -0.05) is 12.1 Å². The van der Waals surface area contributed by atoms with Crippen molar-refractivity contribution < 1.29 is 9.18 Å². The highest BCUT2D eigenvalue weighted by Crippen LogP contribution is 2.32. The first kappa shape index (κ1) is 14.0. The van der Waals surface area contributed by atoms with E-state index >= 15 is 0 Å². The molecule has 0 heterocycles. The van der Waals surface area contributed by atoms with Gasteiger partial charge in [0, 0.05) is 6.54 Å². The molecule has 0 aliphatic heterocycles. The lowest BCUT2D eigenvalue weighted by Gasteiger charge is -2.25. The molecule has 1 aliphatic rings. The maximum atomic E-state index is 12.9. The molecule has 1 unspecified atom stereocenters. The second kappa shape index (κ2) is 5.27. The number of hydrogen-bond acceptors (Lipinski definition) is 3. The molecule has 1 atom stereocenters. The Morgan fingerprint density at radius 1 is 1.42 bits per heavy atom. The first-order valence-electron chi connectivity index (χ1n) is 6.41. The Hall–Kier alpha value is -1.46. The monoisotopic (exact) mass is 265 g/mol. The Morgan fingerprint density at radius 2 is 2.00 bits per heavy atom. The Labute approximate surface area is 112 Å². The number of benzene rings is 1. The molecule has 1 aliphatic carbocycles. The average Bonchev–Trinajstić information content (AvgIpc) is 3.10. The van der Waals surface area contributed by atoms with Gasteiger partial charge in [-0.15, -0.1) is 0 Å². The summed E-state index contributed by atoms with van der Waals surface area (Å²) in [5, 5.41) is 2.88. The summed E-state index contributed by atoms with van der Waals surface area (Å²) in [6.07, 6.45) is 1.50. The highest BCUT2D eigenvalue weighted by atomic mass is 19.1. The number of nitrogens with zero attached hydrogens (tertiary/aromatic N) is 1. The van der Waals surface area contributed by atoms with Gasteiger partial charge in [-0.3, -0.25) is 4.79 Å². The van der Waals surface area contributed by atoms with E-state index in [9.17, 15) is 9.18 Å². The van der Waals surface area contributed by atoms with Crippen LogP contribution in [-0.2, 0) is 4.79 Å². The van der Waals surface area contributed by atoms with Crippen molar-refractivity contribution in [2.24, 2.45) is 5.73 Å². The third kappa shape index (κ3) is 3.30. The third-order valence-electron chi connectivity index (χ3n) is 3.57. The fourth-order valence-electron chi connectivity index (χ4n) is 2.01. The van der Waals surface area contributed by atoms with E-state index in [0.29, 0.717) is 6.54 Å². The van der Waals surface area contributed by atoms with E-state index in [4.69, 9.17) is 5.73 Å². The molecule has 0 spiro atoms. The van der Waals surface area contributed by atoms with E-state index in [-0.39, 0.29) is 17.8 Å². The van der Waals surface area contributed by atoms with Crippen LogP contribution in [0.15, 0.2) is 24.3 Å². The zero-order chi connectivity index (χ0) is 14.0. The number of hydrogen-bond donors (Lipinski definition) is 2. The van der Waals surface area contributed by atoms with Crippen LogP contribution in [0.4, 0.5) is 4.39 Å². The summed E-state index contributed by atoms with van der Waals surface area (Å²) in [6.45, 7) is 0.469. The van der Waals surface area contributed by atoms with Gasteiger partial charge >= 0.3 is 0 Å². The maximum absolute atomic E-state index is 12.9. The van der Waals surface area contributed by atoms with Crippen molar-refractivity contribution in [3.8, 4) is 0 Å². The molecule has 0 saturated heterocycles. The molecule has 1 amide bonds. The van der Waals surface area contributed by atoms with Gasteiger partial charge in [0.25, 0.3) is 0 Å². The largest absolute Gasteiger partial charge is 0.353 e. The molecule has 1 saturated carbocycles. The van der Waals surface area contributed by atoms with Gasteiger partial charge in [0.15, 0.2) is 0 Å². The van der Waals surface area contributed by atoms with Gasteiger partial charge in [0.1, 0.15) is 5.82 Å². The van der Waals surface area contributed by atoms with Gasteiger partial charge in [0.2, 0.25) is 5.91 Å². The Kier molecular flexibility index (Phi) is 3.87. The number of nitrogens with one attached hydrogen (secondary N) is 1. The van der Waals surface area contributed by atoms with Crippen molar-refractivity contribution >= 4 is 5.91 Å². The molecule has 3 N–H and O–H groups in total. The number of amides is 1. The SMILES string of the molecule is CN(C)C(CNC(=O)C1(N)CC1)c1ccc(F)cc1. The minimum atomic E-state index is -0.653. The molecule has 104 valence electrons. The fourth-order valence-corrected chi connectivity index (χ4v) is 2.01. The van der Waals surface area contributed by atoms with Crippen LogP contribution >= 0.6 is 0 Å². The second-order valence-electron chi connectivity index (χ2n) is 5.40. The van der Waals surface area contributed by atoms with Crippen LogP contribution in [0.1, 0.15) is 24.4 Å². The summed E-state index contributed by atoms with van der Waals surface area (Å²) < 4.78 is 12.9. The van der Waals surface area contributed by atoms with Crippen molar-refractivity contribution in [1.82, 2.24) is 10.2 Å². The molecule has 0 radical (unpaired) electrons. The number of carbonyl (C=O) groups is 1. The fraction of sp³-hybridized carbons (Fsp3) is 0.500. The van der Waals surface area contributed by atoms with Crippen LogP contribution in [-0.4, -0.2) is 37.0 Å². The van der Waals surface area contributed by atoms with Crippen molar-refractivity contribution in [1.29, 1.82) is 0 Å². The topological polar surface area (TPSA) is 58.4 Å². The van der Waals surface area contributed by atoms with Crippen molar-refractivity contribution in [2.75, 3.05) is 20.6 Å². The zero-order valence-electron chi connectivity index (χ0n) is 11.3. The Bertz CT molecular complexity index is 454. The Morgan fingerprint density at radius 3 is 2.47 bits per heavy atom. The van der Waals surface area contributed by atoms with E-state index in [1.54, 1.807) is 12.1 Å².